The molecule has 3 aromatic rings. The third-order valence-electron chi connectivity index (χ3n) is 4.12. The van der Waals surface area contributed by atoms with E-state index in [-0.39, 0.29) is 24.8 Å². The van der Waals surface area contributed by atoms with Crippen molar-refractivity contribution in [1.29, 1.82) is 0 Å². The monoisotopic (exact) mass is 381 g/mol. The lowest BCUT2D eigenvalue weighted by atomic mass is 10.2. The second kappa shape index (κ2) is 8.90. The summed E-state index contributed by atoms with van der Waals surface area (Å²) in [5.74, 6) is 1.19. The van der Waals surface area contributed by atoms with Crippen LogP contribution in [0.2, 0.25) is 0 Å². The molecule has 0 aliphatic heterocycles. The SMILES string of the molecule is CCOc1ccccc1NC(=O)NCCn1nc(-c2ccccc2)n(C)c1=O. The van der Waals surface area contributed by atoms with E-state index < -0.39 is 0 Å². The molecule has 0 aliphatic rings. The molecule has 0 spiro atoms. The number of aromatic nitrogens is 3. The number of carbonyl (C=O) groups excluding carboxylic acids is 1. The van der Waals surface area contributed by atoms with E-state index in [2.05, 4.69) is 15.7 Å². The van der Waals surface area contributed by atoms with Crippen molar-refractivity contribution < 1.29 is 9.53 Å². The maximum Gasteiger partial charge on any atom is 0.345 e. The average Bonchev–Trinajstić information content (AvgIpc) is 2.99. The van der Waals surface area contributed by atoms with E-state index in [0.717, 1.165) is 5.56 Å². The molecule has 146 valence electrons. The van der Waals surface area contributed by atoms with Gasteiger partial charge in [-0.05, 0) is 19.1 Å². The van der Waals surface area contributed by atoms with E-state index in [1.54, 1.807) is 19.2 Å². The largest absolute Gasteiger partial charge is 0.492 e. The van der Waals surface area contributed by atoms with E-state index in [0.29, 0.717) is 23.9 Å². The van der Waals surface area contributed by atoms with Crippen molar-refractivity contribution in [3.8, 4) is 17.1 Å². The summed E-state index contributed by atoms with van der Waals surface area (Å²) in [6.45, 7) is 2.91. The standard InChI is InChI=1S/C20H23N5O3/c1-3-28-17-12-8-7-11-16(17)22-19(26)21-13-14-25-20(27)24(2)18(23-25)15-9-5-4-6-10-15/h4-12H,3,13-14H2,1-2H3,(H2,21,22,26). The molecule has 28 heavy (non-hydrogen) atoms. The van der Waals surface area contributed by atoms with E-state index in [1.807, 2.05) is 49.4 Å². The summed E-state index contributed by atoms with van der Waals surface area (Å²) in [7, 11) is 1.68. The Morgan fingerprint density at radius 1 is 1.11 bits per heavy atom. The predicted molar refractivity (Wildman–Crippen MR) is 108 cm³/mol. The summed E-state index contributed by atoms with van der Waals surface area (Å²) in [5, 5.41) is 9.85. The zero-order valence-corrected chi connectivity index (χ0v) is 15.9. The third kappa shape index (κ3) is 4.40. The van der Waals surface area contributed by atoms with E-state index in [1.165, 1.54) is 9.25 Å². The maximum absolute atomic E-state index is 12.4. The molecule has 0 saturated heterocycles. The minimum absolute atomic E-state index is 0.234. The first-order valence-corrected chi connectivity index (χ1v) is 9.06. The highest BCUT2D eigenvalue weighted by Crippen LogP contribution is 2.23. The Kier molecular flexibility index (Phi) is 6.11. The first kappa shape index (κ1) is 19.2. The van der Waals surface area contributed by atoms with Gasteiger partial charge in [-0.25, -0.2) is 14.3 Å². The molecule has 1 heterocycles. The fourth-order valence-corrected chi connectivity index (χ4v) is 2.77. The summed E-state index contributed by atoms with van der Waals surface area (Å²) in [6, 6.07) is 16.3. The molecule has 8 nitrogen and oxygen atoms in total. The summed E-state index contributed by atoms with van der Waals surface area (Å²) < 4.78 is 8.32. The average molecular weight is 381 g/mol. The normalized spacial score (nSPS) is 10.5. The van der Waals surface area contributed by atoms with Crippen molar-refractivity contribution in [1.82, 2.24) is 19.7 Å². The fourth-order valence-electron chi connectivity index (χ4n) is 2.77. The maximum atomic E-state index is 12.4. The van der Waals surface area contributed by atoms with E-state index >= 15 is 0 Å². The van der Waals surface area contributed by atoms with Crippen LogP contribution < -0.4 is 21.1 Å². The second-order valence-electron chi connectivity index (χ2n) is 6.06. The molecule has 2 N–H and O–H groups in total. The fraction of sp³-hybridized carbons (Fsp3) is 0.250. The van der Waals surface area contributed by atoms with Crippen molar-refractivity contribution >= 4 is 11.7 Å². The molecule has 0 aliphatic carbocycles. The van der Waals surface area contributed by atoms with Gasteiger partial charge in [0.1, 0.15) is 5.75 Å². The number of nitrogens with zero attached hydrogens (tertiary/aromatic N) is 3. The van der Waals surface area contributed by atoms with Crippen LogP contribution in [0.1, 0.15) is 6.92 Å². The van der Waals surface area contributed by atoms with Gasteiger partial charge in [-0.15, -0.1) is 5.10 Å². The summed E-state index contributed by atoms with van der Waals surface area (Å²) >= 11 is 0. The minimum Gasteiger partial charge on any atom is -0.492 e. The van der Waals surface area contributed by atoms with Crippen LogP contribution >= 0.6 is 0 Å². The van der Waals surface area contributed by atoms with Gasteiger partial charge in [-0.2, -0.15) is 0 Å². The molecule has 1 aromatic heterocycles. The van der Waals surface area contributed by atoms with Crippen LogP contribution in [0.25, 0.3) is 11.4 Å². The number of hydrogen-bond donors (Lipinski definition) is 2. The van der Waals surface area contributed by atoms with Gasteiger partial charge in [0.25, 0.3) is 0 Å². The lowest BCUT2D eigenvalue weighted by Gasteiger charge is -2.11. The van der Waals surface area contributed by atoms with Gasteiger partial charge < -0.3 is 15.4 Å². The van der Waals surface area contributed by atoms with Gasteiger partial charge in [0, 0.05) is 19.2 Å². The lowest BCUT2D eigenvalue weighted by Crippen LogP contribution is -2.34. The summed E-state index contributed by atoms with van der Waals surface area (Å²) in [4.78, 5) is 24.5. The first-order chi connectivity index (χ1) is 13.6. The Morgan fingerprint density at radius 2 is 1.82 bits per heavy atom. The van der Waals surface area contributed by atoms with Crippen LogP contribution in [-0.2, 0) is 13.6 Å². The zero-order valence-electron chi connectivity index (χ0n) is 15.9. The number of anilines is 1. The van der Waals surface area contributed by atoms with Gasteiger partial charge in [0.05, 0.1) is 18.8 Å². The van der Waals surface area contributed by atoms with Gasteiger partial charge in [0.15, 0.2) is 5.82 Å². The highest BCUT2D eigenvalue weighted by atomic mass is 16.5. The van der Waals surface area contributed by atoms with Gasteiger partial charge in [-0.1, -0.05) is 42.5 Å². The van der Waals surface area contributed by atoms with Crippen LogP contribution in [0.4, 0.5) is 10.5 Å². The number of benzene rings is 2. The molecule has 0 fully saturated rings. The molecular weight excluding hydrogens is 358 g/mol. The van der Waals surface area contributed by atoms with Crippen LogP contribution in [0.5, 0.6) is 5.75 Å². The Bertz CT molecular complexity index is 995. The smallest absolute Gasteiger partial charge is 0.345 e. The van der Waals surface area contributed by atoms with Crippen LogP contribution in [0.3, 0.4) is 0 Å². The Morgan fingerprint density at radius 3 is 2.57 bits per heavy atom. The number of para-hydroxylation sites is 2. The summed E-state index contributed by atoms with van der Waals surface area (Å²) in [5.41, 5.74) is 1.21. The number of ether oxygens (including phenoxy) is 1. The number of hydrogen-bond acceptors (Lipinski definition) is 4. The quantitative estimate of drug-likeness (QED) is 0.658. The molecule has 0 atom stereocenters. The van der Waals surface area contributed by atoms with Gasteiger partial charge in [-0.3, -0.25) is 4.57 Å². The van der Waals surface area contributed by atoms with Crippen molar-refractivity contribution in [3.05, 3.63) is 65.1 Å². The third-order valence-corrected chi connectivity index (χ3v) is 4.12. The zero-order chi connectivity index (χ0) is 19.9. The number of nitrogens with one attached hydrogen (secondary N) is 2. The molecule has 2 amide bonds. The molecule has 0 unspecified atom stereocenters. The molecule has 3 rings (SSSR count). The highest BCUT2D eigenvalue weighted by Gasteiger charge is 2.12. The molecule has 8 heteroatoms. The number of urea groups is 1. The topological polar surface area (TPSA) is 90.2 Å². The Balaban J connectivity index is 1.60. The van der Waals surface area contributed by atoms with Gasteiger partial charge >= 0.3 is 11.7 Å². The van der Waals surface area contributed by atoms with Crippen LogP contribution in [-0.4, -0.2) is 33.5 Å². The Labute approximate surface area is 162 Å². The first-order valence-electron chi connectivity index (χ1n) is 9.06. The van der Waals surface area contributed by atoms with Crippen molar-refractivity contribution in [2.75, 3.05) is 18.5 Å². The number of amides is 2. The molecule has 0 bridgehead atoms. The summed E-state index contributed by atoms with van der Waals surface area (Å²) in [6.07, 6.45) is 0. The number of carbonyl (C=O) groups is 1. The molecule has 0 saturated carbocycles. The van der Waals surface area contributed by atoms with Crippen molar-refractivity contribution in [3.63, 3.8) is 0 Å². The Hall–Kier alpha value is -3.55. The van der Waals surface area contributed by atoms with Gasteiger partial charge in [0.2, 0.25) is 0 Å². The lowest BCUT2D eigenvalue weighted by molar-refractivity contribution is 0.251. The molecule has 0 radical (unpaired) electrons. The van der Waals surface area contributed by atoms with E-state index in [9.17, 15) is 9.59 Å². The number of rotatable bonds is 7. The molecular formula is C20H23N5O3. The van der Waals surface area contributed by atoms with E-state index in [4.69, 9.17) is 4.74 Å². The highest BCUT2D eigenvalue weighted by molar-refractivity contribution is 5.90. The minimum atomic E-state index is -0.376. The van der Waals surface area contributed by atoms with Crippen LogP contribution in [0, 0.1) is 0 Å². The van der Waals surface area contributed by atoms with Crippen molar-refractivity contribution in [2.24, 2.45) is 7.05 Å². The van der Waals surface area contributed by atoms with Crippen molar-refractivity contribution in [2.45, 2.75) is 13.5 Å². The predicted octanol–water partition coefficient (Wildman–Crippen LogP) is 2.47. The molecule has 2 aromatic carbocycles. The van der Waals surface area contributed by atoms with Crippen LogP contribution in [0.15, 0.2) is 59.4 Å². The second-order valence-corrected chi connectivity index (χ2v) is 6.06.